The van der Waals surface area contributed by atoms with E-state index < -0.39 is 4.90 Å². The van der Waals surface area contributed by atoms with Crippen LogP contribution in [0.15, 0.2) is 60.7 Å². The monoisotopic (exact) mass is 355 g/mol. The van der Waals surface area contributed by atoms with Gasteiger partial charge >= 0.3 is 0 Å². The first-order valence-corrected chi connectivity index (χ1v) is 10.7. The summed E-state index contributed by atoms with van der Waals surface area (Å²) >= 11 is 2.72. The van der Waals surface area contributed by atoms with Gasteiger partial charge in [0.25, 0.3) is 0 Å². The largest absolute Gasteiger partial charge is 0.167 e. The second-order valence-electron chi connectivity index (χ2n) is 4.11. The van der Waals surface area contributed by atoms with Gasteiger partial charge in [-0.1, -0.05) is 43.3 Å². The van der Waals surface area contributed by atoms with Crippen molar-refractivity contribution in [2.24, 2.45) is 0 Å². The number of benzene rings is 2. The fourth-order valence-corrected chi connectivity index (χ4v) is 8.14. The standard InChI is InChI=1S/C15H17IP/c1-2-13-17(16,14-9-5-3-6-10-14)15-11-7-4-8-12-15/h3-12H,2,13H2,1H3/q+1. The lowest BCUT2D eigenvalue weighted by molar-refractivity contribution is 1.10. The molecule has 0 unspecified atom stereocenters. The molecule has 2 rings (SSSR count). The molecule has 0 aliphatic carbocycles. The Balaban J connectivity index is 2.47. The molecule has 0 nitrogen and oxygen atoms in total. The fraction of sp³-hybridized carbons (Fsp3) is 0.200. The molecule has 0 aliphatic heterocycles. The van der Waals surface area contributed by atoms with Crippen molar-refractivity contribution in [3.05, 3.63) is 60.7 Å². The Morgan fingerprint density at radius 2 is 1.24 bits per heavy atom. The molecule has 2 heteroatoms. The van der Waals surface area contributed by atoms with E-state index in [1.807, 2.05) is 0 Å². The van der Waals surface area contributed by atoms with E-state index in [1.165, 1.54) is 23.2 Å². The molecule has 0 aromatic heterocycles. The van der Waals surface area contributed by atoms with Crippen molar-refractivity contribution < 1.29 is 0 Å². The molecule has 0 saturated carbocycles. The predicted molar refractivity (Wildman–Crippen MR) is 88.3 cm³/mol. The molecule has 0 N–H and O–H groups in total. The highest BCUT2D eigenvalue weighted by molar-refractivity contribution is 14.2. The lowest BCUT2D eigenvalue weighted by atomic mass is 10.4. The minimum atomic E-state index is -1.20. The molecular formula is C15H17IP+. The maximum atomic E-state index is 2.72. The van der Waals surface area contributed by atoms with Crippen LogP contribution in [0.2, 0.25) is 0 Å². The normalized spacial score (nSPS) is 11.4. The number of rotatable bonds is 4. The minimum Gasteiger partial charge on any atom is -0.0620 e. The average Bonchev–Trinajstić information content (AvgIpc) is 2.41. The molecule has 0 bridgehead atoms. The van der Waals surface area contributed by atoms with Crippen molar-refractivity contribution in [1.29, 1.82) is 0 Å². The van der Waals surface area contributed by atoms with Crippen LogP contribution in [0.3, 0.4) is 0 Å². The molecule has 0 radical (unpaired) electrons. The third-order valence-corrected chi connectivity index (χ3v) is 10.9. The van der Waals surface area contributed by atoms with Crippen LogP contribution >= 0.6 is 26.9 Å². The Morgan fingerprint density at radius 3 is 1.59 bits per heavy atom. The SMILES string of the molecule is CCC[P+](I)(c1ccccc1)c1ccccc1. The Hall–Kier alpha value is -0.400. The first kappa shape index (κ1) is 13.0. The van der Waals surface area contributed by atoms with Gasteiger partial charge in [0, 0.05) is 0 Å². The van der Waals surface area contributed by atoms with Gasteiger partial charge in [0.1, 0.15) is 15.5 Å². The maximum Gasteiger partial charge on any atom is 0.167 e. The second kappa shape index (κ2) is 5.97. The number of hydrogen-bond donors (Lipinski definition) is 0. The van der Waals surface area contributed by atoms with Crippen LogP contribution in [0.25, 0.3) is 0 Å². The summed E-state index contributed by atoms with van der Waals surface area (Å²) in [5.74, 6) is 0. The molecule has 17 heavy (non-hydrogen) atoms. The van der Waals surface area contributed by atoms with Gasteiger partial charge in [0.15, 0.2) is 22.0 Å². The fourth-order valence-electron chi connectivity index (χ4n) is 2.04. The van der Waals surface area contributed by atoms with E-state index in [0.717, 1.165) is 0 Å². The summed E-state index contributed by atoms with van der Waals surface area (Å²) in [7, 11) is 0. The maximum absolute atomic E-state index is 2.72. The van der Waals surface area contributed by atoms with Gasteiger partial charge in [-0.25, -0.2) is 0 Å². The van der Waals surface area contributed by atoms with Gasteiger partial charge in [0.05, 0.1) is 6.16 Å². The minimum absolute atomic E-state index is 1.20. The third kappa shape index (κ3) is 2.89. The molecule has 2 aromatic carbocycles. The van der Waals surface area contributed by atoms with Gasteiger partial charge in [-0.3, -0.25) is 0 Å². The lowest BCUT2D eigenvalue weighted by Crippen LogP contribution is -2.19. The number of hydrogen-bond acceptors (Lipinski definition) is 0. The Bertz CT molecular complexity index is 413. The van der Waals surface area contributed by atoms with Gasteiger partial charge < -0.3 is 0 Å². The van der Waals surface area contributed by atoms with Crippen molar-refractivity contribution >= 4 is 37.6 Å². The first-order valence-electron chi connectivity index (χ1n) is 5.96. The summed E-state index contributed by atoms with van der Waals surface area (Å²) in [6, 6.07) is 21.9. The van der Waals surface area contributed by atoms with Crippen LogP contribution in [0.5, 0.6) is 0 Å². The lowest BCUT2D eigenvalue weighted by Gasteiger charge is -2.19. The quantitative estimate of drug-likeness (QED) is 0.563. The van der Waals surface area contributed by atoms with Crippen molar-refractivity contribution in [3.8, 4) is 0 Å². The van der Waals surface area contributed by atoms with Gasteiger partial charge in [-0.15, -0.1) is 0 Å². The third-order valence-electron chi connectivity index (χ3n) is 2.86. The summed E-state index contributed by atoms with van der Waals surface area (Å²) in [6.45, 7) is 2.28. The van der Waals surface area contributed by atoms with Crippen LogP contribution in [0.4, 0.5) is 0 Å². The van der Waals surface area contributed by atoms with E-state index in [1.54, 1.807) is 0 Å². The van der Waals surface area contributed by atoms with Crippen LogP contribution in [0, 0.1) is 0 Å². The van der Waals surface area contributed by atoms with Gasteiger partial charge in [-0.05, 0) is 30.7 Å². The van der Waals surface area contributed by atoms with Crippen molar-refractivity contribution in [1.82, 2.24) is 0 Å². The van der Waals surface area contributed by atoms with E-state index in [9.17, 15) is 0 Å². The molecule has 0 saturated heterocycles. The Labute approximate surface area is 117 Å². The topological polar surface area (TPSA) is 0 Å². The van der Waals surface area contributed by atoms with Crippen molar-refractivity contribution in [2.75, 3.05) is 6.16 Å². The molecule has 2 aromatic rings. The van der Waals surface area contributed by atoms with E-state index in [4.69, 9.17) is 0 Å². The molecule has 0 spiro atoms. The zero-order valence-corrected chi connectivity index (χ0v) is 13.1. The highest BCUT2D eigenvalue weighted by Gasteiger charge is 2.39. The average molecular weight is 355 g/mol. The second-order valence-corrected chi connectivity index (χ2v) is 12.0. The first-order chi connectivity index (χ1) is 8.27. The summed E-state index contributed by atoms with van der Waals surface area (Å²) in [5.41, 5.74) is 0. The van der Waals surface area contributed by atoms with Crippen LogP contribution in [-0.4, -0.2) is 6.16 Å². The van der Waals surface area contributed by atoms with Crippen LogP contribution in [0.1, 0.15) is 13.3 Å². The zero-order chi connectivity index (χ0) is 12.1. The highest BCUT2D eigenvalue weighted by Crippen LogP contribution is 2.64. The van der Waals surface area contributed by atoms with E-state index in [-0.39, 0.29) is 0 Å². The smallest absolute Gasteiger partial charge is 0.0620 e. The molecule has 0 aliphatic rings. The summed E-state index contributed by atoms with van der Waals surface area (Å²) in [5, 5.41) is 3.02. The highest BCUT2D eigenvalue weighted by atomic mass is 127. The molecule has 88 valence electrons. The molecule has 0 fully saturated rings. The van der Waals surface area contributed by atoms with Gasteiger partial charge in [0.2, 0.25) is 0 Å². The number of halogens is 1. The molecular weight excluding hydrogens is 338 g/mol. The Kier molecular flexibility index (Phi) is 4.58. The molecule has 0 heterocycles. The van der Waals surface area contributed by atoms with E-state index >= 15 is 0 Å². The van der Waals surface area contributed by atoms with Crippen LogP contribution in [-0.2, 0) is 0 Å². The zero-order valence-electron chi connectivity index (χ0n) is 10.0. The summed E-state index contributed by atoms with van der Waals surface area (Å²) in [6.07, 6.45) is 2.52. The van der Waals surface area contributed by atoms with Crippen molar-refractivity contribution in [2.45, 2.75) is 13.3 Å². The van der Waals surface area contributed by atoms with Crippen molar-refractivity contribution in [3.63, 3.8) is 0 Å². The summed E-state index contributed by atoms with van der Waals surface area (Å²) in [4.78, 5) is -1.20. The Morgan fingerprint density at radius 1 is 0.824 bits per heavy atom. The van der Waals surface area contributed by atoms with Crippen LogP contribution < -0.4 is 10.6 Å². The predicted octanol–water partition coefficient (Wildman–Crippen LogP) is 4.42. The van der Waals surface area contributed by atoms with E-state index in [0.29, 0.717) is 0 Å². The van der Waals surface area contributed by atoms with Gasteiger partial charge in [-0.2, -0.15) is 0 Å². The summed E-state index contributed by atoms with van der Waals surface area (Å²) < 4.78 is 0. The van der Waals surface area contributed by atoms with E-state index in [2.05, 4.69) is 89.6 Å². The molecule has 0 amide bonds. The molecule has 0 atom stereocenters.